The van der Waals surface area contributed by atoms with Crippen LogP contribution in [0.4, 0.5) is 0 Å². The quantitative estimate of drug-likeness (QED) is 0.767. The van der Waals surface area contributed by atoms with Gasteiger partial charge in [0.2, 0.25) is 0 Å². The van der Waals surface area contributed by atoms with Gasteiger partial charge in [-0.1, -0.05) is 6.07 Å². The van der Waals surface area contributed by atoms with Gasteiger partial charge in [-0.05, 0) is 56.9 Å². The van der Waals surface area contributed by atoms with Crippen LogP contribution in [0.2, 0.25) is 0 Å². The minimum Gasteiger partial charge on any atom is -0.336 e. The summed E-state index contributed by atoms with van der Waals surface area (Å²) in [4.78, 5) is 21.2. The summed E-state index contributed by atoms with van der Waals surface area (Å²) in [5.41, 5.74) is 1.87. The lowest BCUT2D eigenvalue weighted by Gasteiger charge is -2.21. The Morgan fingerprint density at radius 1 is 1.23 bits per heavy atom. The topological polar surface area (TPSA) is 36.4 Å². The molecule has 22 heavy (non-hydrogen) atoms. The zero-order valence-electron chi connectivity index (χ0n) is 12.2. The summed E-state index contributed by atoms with van der Waals surface area (Å²) >= 11 is 5.06. The molecule has 2 aromatic rings. The van der Waals surface area contributed by atoms with Crippen molar-refractivity contribution in [1.82, 2.24) is 14.8 Å². The maximum atomic E-state index is 12.6. The number of hydrogen-bond acceptors (Lipinski definition) is 4. The van der Waals surface area contributed by atoms with Crippen molar-refractivity contribution in [3.05, 3.63) is 50.9 Å². The van der Waals surface area contributed by atoms with Crippen LogP contribution in [0.5, 0.6) is 0 Å². The van der Waals surface area contributed by atoms with Crippen molar-refractivity contribution < 1.29 is 4.79 Å². The van der Waals surface area contributed by atoms with Gasteiger partial charge in [0.25, 0.3) is 5.91 Å². The number of rotatable bonds is 3. The third kappa shape index (κ3) is 3.94. The normalized spacial score (nSPS) is 16.5. The van der Waals surface area contributed by atoms with Crippen LogP contribution in [-0.2, 0) is 6.54 Å². The molecule has 4 nitrogen and oxygen atoms in total. The standard InChI is InChI=1S/C16H18BrN3OS/c17-15-4-1-3-14(18-15)16(21)20-7-2-6-19(8-9-20)11-13-5-10-22-12-13/h1,3-5,10,12H,2,6-9,11H2. The van der Waals surface area contributed by atoms with E-state index in [0.717, 1.165) is 39.1 Å². The highest BCUT2D eigenvalue weighted by Gasteiger charge is 2.21. The molecule has 0 N–H and O–H groups in total. The highest BCUT2D eigenvalue weighted by molar-refractivity contribution is 9.10. The fourth-order valence-corrected chi connectivity index (χ4v) is 3.67. The summed E-state index contributed by atoms with van der Waals surface area (Å²) in [5.74, 6) is 0.0266. The lowest BCUT2D eigenvalue weighted by Crippen LogP contribution is -2.35. The van der Waals surface area contributed by atoms with Crippen LogP contribution < -0.4 is 0 Å². The van der Waals surface area contributed by atoms with E-state index >= 15 is 0 Å². The minimum absolute atomic E-state index is 0.0266. The Labute approximate surface area is 142 Å². The Bertz CT molecular complexity index is 632. The molecule has 0 unspecified atom stereocenters. The molecule has 1 aliphatic heterocycles. The molecular formula is C16H18BrN3OS. The highest BCUT2D eigenvalue weighted by Crippen LogP contribution is 2.14. The SMILES string of the molecule is O=C(c1cccc(Br)n1)N1CCCN(Cc2ccsc2)CC1. The first kappa shape index (κ1) is 15.6. The van der Waals surface area contributed by atoms with E-state index in [1.54, 1.807) is 17.4 Å². The molecule has 0 radical (unpaired) electrons. The molecule has 1 saturated heterocycles. The Balaban J connectivity index is 1.61. The number of nitrogens with zero attached hydrogens (tertiary/aromatic N) is 3. The van der Waals surface area contributed by atoms with E-state index in [1.165, 1.54) is 5.56 Å². The van der Waals surface area contributed by atoms with Gasteiger partial charge in [-0.25, -0.2) is 4.98 Å². The fraction of sp³-hybridized carbons (Fsp3) is 0.375. The molecule has 1 aliphatic rings. The van der Waals surface area contributed by atoms with Crippen molar-refractivity contribution >= 4 is 33.2 Å². The van der Waals surface area contributed by atoms with E-state index in [9.17, 15) is 4.79 Å². The van der Waals surface area contributed by atoms with Crippen LogP contribution in [0.25, 0.3) is 0 Å². The molecular weight excluding hydrogens is 362 g/mol. The van der Waals surface area contributed by atoms with Crippen LogP contribution in [-0.4, -0.2) is 46.9 Å². The zero-order chi connectivity index (χ0) is 15.4. The first-order valence-corrected chi connectivity index (χ1v) is 9.11. The molecule has 0 bridgehead atoms. The van der Waals surface area contributed by atoms with Crippen molar-refractivity contribution in [1.29, 1.82) is 0 Å². The zero-order valence-corrected chi connectivity index (χ0v) is 14.6. The Hall–Kier alpha value is -1.24. The van der Waals surface area contributed by atoms with Gasteiger partial charge in [-0.2, -0.15) is 11.3 Å². The molecule has 6 heteroatoms. The highest BCUT2D eigenvalue weighted by atomic mass is 79.9. The predicted molar refractivity (Wildman–Crippen MR) is 92.1 cm³/mol. The summed E-state index contributed by atoms with van der Waals surface area (Å²) in [5, 5.41) is 4.31. The fourth-order valence-electron chi connectivity index (χ4n) is 2.66. The second kappa shape index (κ2) is 7.35. The largest absolute Gasteiger partial charge is 0.336 e. The molecule has 3 rings (SSSR count). The number of aromatic nitrogens is 1. The second-order valence-corrected chi connectivity index (χ2v) is 6.99. The number of carbonyl (C=O) groups excluding carboxylic acids is 1. The Morgan fingerprint density at radius 2 is 2.14 bits per heavy atom. The van der Waals surface area contributed by atoms with Crippen molar-refractivity contribution in [2.45, 2.75) is 13.0 Å². The Morgan fingerprint density at radius 3 is 2.91 bits per heavy atom. The van der Waals surface area contributed by atoms with Crippen molar-refractivity contribution in [3.8, 4) is 0 Å². The van der Waals surface area contributed by atoms with Crippen LogP contribution in [0, 0.1) is 0 Å². The lowest BCUT2D eigenvalue weighted by atomic mass is 10.3. The van der Waals surface area contributed by atoms with E-state index in [2.05, 4.69) is 42.6 Å². The van der Waals surface area contributed by atoms with Crippen molar-refractivity contribution in [2.75, 3.05) is 26.2 Å². The predicted octanol–water partition coefficient (Wildman–Crippen LogP) is 3.25. The number of amides is 1. The number of pyridine rings is 1. The van der Waals surface area contributed by atoms with E-state index < -0.39 is 0 Å². The lowest BCUT2D eigenvalue weighted by molar-refractivity contribution is 0.0755. The number of halogens is 1. The molecule has 116 valence electrons. The molecule has 1 amide bonds. The molecule has 0 atom stereocenters. The summed E-state index contributed by atoms with van der Waals surface area (Å²) < 4.78 is 0.701. The molecule has 2 aromatic heterocycles. The van der Waals surface area contributed by atoms with Gasteiger partial charge in [-0.15, -0.1) is 0 Å². The number of hydrogen-bond donors (Lipinski definition) is 0. The van der Waals surface area contributed by atoms with E-state index in [0.29, 0.717) is 10.3 Å². The van der Waals surface area contributed by atoms with E-state index in [4.69, 9.17) is 0 Å². The molecule has 0 aromatic carbocycles. The number of thiophene rings is 1. The first-order chi connectivity index (χ1) is 10.7. The van der Waals surface area contributed by atoms with Gasteiger partial charge in [0.1, 0.15) is 10.3 Å². The average Bonchev–Trinajstić information content (AvgIpc) is 2.91. The first-order valence-electron chi connectivity index (χ1n) is 7.37. The van der Waals surface area contributed by atoms with Gasteiger partial charge < -0.3 is 4.90 Å². The average molecular weight is 380 g/mol. The molecule has 0 saturated carbocycles. The third-order valence-electron chi connectivity index (χ3n) is 3.80. The minimum atomic E-state index is 0.0266. The van der Waals surface area contributed by atoms with Gasteiger partial charge in [0, 0.05) is 32.7 Å². The number of carbonyl (C=O) groups is 1. The van der Waals surface area contributed by atoms with Crippen molar-refractivity contribution in [3.63, 3.8) is 0 Å². The maximum absolute atomic E-state index is 12.6. The summed E-state index contributed by atoms with van der Waals surface area (Å²) in [6.07, 6.45) is 1.00. The Kier molecular flexibility index (Phi) is 5.23. The van der Waals surface area contributed by atoms with Crippen LogP contribution in [0.1, 0.15) is 22.5 Å². The van der Waals surface area contributed by atoms with Crippen LogP contribution >= 0.6 is 27.3 Å². The van der Waals surface area contributed by atoms with Crippen LogP contribution in [0.15, 0.2) is 39.6 Å². The molecule has 3 heterocycles. The molecule has 1 fully saturated rings. The second-order valence-electron chi connectivity index (χ2n) is 5.40. The van der Waals surface area contributed by atoms with Gasteiger partial charge in [-0.3, -0.25) is 9.69 Å². The third-order valence-corrected chi connectivity index (χ3v) is 4.97. The molecule has 0 aliphatic carbocycles. The van der Waals surface area contributed by atoms with Crippen molar-refractivity contribution in [2.24, 2.45) is 0 Å². The maximum Gasteiger partial charge on any atom is 0.272 e. The van der Waals surface area contributed by atoms with Crippen LogP contribution in [0.3, 0.4) is 0 Å². The van der Waals surface area contributed by atoms with Gasteiger partial charge in [0.05, 0.1) is 0 Å². The van der Waals surface area contributed by atoms with Gasteiger partial charge >= 0.3 is 0 Å². The smallest absolute Gasteiger partial charge is 0.272 e. The summed E-state index contributed by atoms with van der Waals surface area (Å²) in [6.45, 7) is 4.48. The molecule has 0 spiro atoms. The monoisotopic (exact) mass is 379 g/mol. The summed E-state index contributed by atoms with van der Waals surface area (Å²) in [6, 6.07) is 7.64. The van der Waals surface area contributed by atoms with Gasteiger partial charge in [0.15, 0.2) is 0 Å². The van der Waals surface area contributed by atoms with E-state index in [1.807, 2.05) is 17.0 Å². The summed E-state index contributed by atoms with van der Waals surface area (Å²) in [7, 11) is 0. The van der Waals surface area contributed by atoms with E-state index in [-0.39, 0.29) is 5.91 Å².